The van der Waals surface area contributed by atoms with E-state index in [4.69, 9.17) is 15.6 Å². The zero-order chi connectivity index (χ0) is 30.4. The van der Waals surface area contributed by atoms with Gasteiger partial charge in [-0.05, 0) is 44.0 Å². The third kappa shape index (κ3) is 4.90. The molecule has 13 nitrogen and oxygen atoms in total. The van der Waals surface area contributed by atoms with Crippen LogP contribution in [0.15, 0.2) is 55.2 Å². The Morgan fingerprint density at radius 3 is 2.73 bits per heavy atom. The number of amides is 1. The number of aromatic amines is 1. The molecule has 13 heteroatoms. The number of H-pyrrole nitrogens is 1. The van der Waals surface area contributed by atoms with Gasteiger partial charge in [-0.25, -0.2) is 19.6 Å². The number of methoxy groups -OCH3 is 1. The summed E-state index contributed by atoms with van der Waals surface area (Å²) >= 11 is 0. The molecule has 6 aromatic rings. The number of nitrogens with zero attached hydrogens (tertiary/aromatic N) is 8. The summed E-state index contributed by atoms with van der Waals surface area (Å²) in [6.07, 6.45) is 8.68. The maximum absolute atomic E-state index is 13.3. The van der Waals surface area contributed by atoms with Crippen molar-refractivity contribution in [1.82, 2.24) is 44.2 Å². The molecule has 1 aliphatic rings. The lowest BCUT2D eigenvalue weighted by Gasteiger charge is -2.31. The Morgan fingerprint density at radius 2 is 1.98 bits per heavy atom. The first-order valence-electron chi connectivity index (χ1n) is 14.5. The largest absolute Gasteiger partial charge is 0.495 e. The van der Waals surface area contributed by atoms with Crippen LogP contribution in [0, 0.1) is 6.92 Å². The lowest BCUT2D eigenvalue weighted by Crippen LogP contribution is -2.34. The number of ether oxygens (including phenoxy) is 1. The smallest absolute Gasteiger partial charge is 0.272 e. The molecule has 44 heavy (non-hydrogen) atoms. The molecule has 0 bridgehead atoms. The van der Waals surface area contributed by atoms with Crippen LogP contribution >= 0.6 is 0 Å². The van der Waals surface area contributed by atoms with E-state index in [-0.39, 0.29) is 11.9 Å². The normalized spacial score (nSPS) is 14.4. The molecule has 5 aromatic heterocycles. The van der Waals surface area contributed by atoms with Crippen LogP contribution in [0.1, 0.15) is 40.9 Å². The van der Waals surface area contributed by atoms with Gasteiger partial charge in [0.25, 0.3) is 5.91 Å². The number of carbonyl (C=O) groups excluding carboxylic acids is 1. The van der Waals surface area contributed by atoms with E-state index in [1.807, 2.05) is 59.7 Å². The summed E-state index contributed by atoms with van der Waals surface area (Å²) < 4.78 is 9.54. The summed E-state index contributed by atoms with van der Waals surface area (Å²) in [6, 6.07) is 9.46. The van der Waals surface area contributed by atoms with Gasteiger partial charge in [0.1, 0.15) is 35.1 Å². The second-order valence-corrected chi connectivity index (χ2v) is 11.1. The molecule has 0 saturated carbocycles. The minimum Gasteiger partial charge on any atom is -0.495 e. The molecular formula is C31H33N11O2. The molecule has 1 aromatic carbocycles. The minimum atomic E-state index is -0.254. The van der Waals surface area contributed by atoms with Crippen molar-refractivity contribution in [3.63, 3.8) is 0 Å². The number of rotatable bonds is 7. The van der Waals surface area contributed by atoms with Crippen molar-refractivity contribution >= 4 is 39.3 Å². The summed E-state index contributed by atoms with van der Waals surface area (Å²) in [5.41, 5.74) is 11.6. The second kappa shape index (κ2) is 11.1. The molecule has 0 radical (unpaired) electrons. The fourth-order valence-corrected chi connectivity index (χ4v) is 6.09. The first-order chi connectivity index (χ1) is 21.4. The second-order valence-electron chi connectivity index (χ2n) is 11.1. The topological polar surface area (TPSA) is 158 Å². The SMILES string of the molecule is COc1cc(-c2nn(C3CCN(Cc4cnc(C)[nH]4)CC3)c3ncnc(N)c23)ccc1NC(=O)c1cc2ccncc2n1C. The molecule has 1 fully saturated rings. The highest BCUT2D eigenvalue weighted by Gasteiger charge is 2.27. The first-order valence-corrected chi connectivity index (χ1v) is 14.5. The van der Waals surface area contributed by atoms with E-state index in [0.717, 1.165) is 60.5 Å². The molecule has 7 rings (SSSR count). The zero-order valence-electron chi connectivity index (χ0n) is 24.8. The number of likely N-dealkylation sites (tertiary alicyclic amines) is 1. The number of carbonyl (C=O) groups is 1. The Kier molecular flexibility index (Phi) is 6.93. The summed E-state index contributed by atoms with van der Waals surface area (Å²) in [4.78, 5) is 36.4. The third-order valence-electron chi connectivity index (χ3n) is 8.37. The average molecular weight is 592 g/mol. The van der Waals surface area contributed by atoms with Crippen LogP contribution in [0.25, 0.3) is 33.2 Å². The number of nitrogen functional groups attached to an aromatic ring is 1. The zero-order valence-corrected chi connectivity index (χ0v) is 24.8. The van der Waals surface area contributed by atoms with Crippen LogP contribution < -0.4 is 15.8 Å². The number of hydrogen-bond acceptors (Lipinski definition) is 9. The number of imidazole rings is 1. The van der Waals surface area contributed by atoms with Gasteiger partial charge in [0, 0.05) is 55.7 Å². The van der Waals surface area contributed by atoms with Crippen LogP contribution in [-0.2, 0) is 13.6 Å². The maximum Gasteiger partial charge on any atom is 0.272 e. The van der Waals surface area contributed by atoms with Crippen molar-refractivity contribution in [1.29, 1.82) is 0 Å². The Morgan fingerprint density at radius 1 is 1.14 bits per heavy atom. The fraction of sp³-hybridized carbons (Fsp3) is 0.290. The molecule has 1 aliphatic heterocycles. The summed E-state index contributed by atoms with van der Waals surface area (Å²) in [5, 5.41) is 9.69. The van der Waals surface area contributed by atoms with Gasteiger partial charge in [-0.15, -0.1) is 0 Å². The lowest BCUT2D eigenvalue weighted by molar-refractivity contribution is 0.101. The average Bonchev–Trinajstić information content (AvgIpc) is 3.73. The van der Waals surface area contributed by atoms with Gasteiger partial charge in [0.2, 0.25) is 0 Å². The predicted octanol–water partition coefficient (Wildman–Crippen LogP) is 4.09. The van der Waals surface area contributed by atoms with E-state index in [0.29, 0.717) is 39.7 Å². The Bertz CT molecular complexity index is 2000. The third-order valence-corrected chi connectivity index (χ3v) is 8.37. The van der Waals surface area contributed by atoms with Crippen molar-refractivity contribution < 1.29 is 9.53 Å². The molecule has 6 heterocycles. The van der Waals surface area contributed by atoms with E-state index in [9.17, 15) is 4.79 Å². The van der Waals surface area contributed by atoms with Crippen molar-refractivity contribution in [3.05, 3.63) is 72.5 Å². The van der Waals surface area contributed by atoms with Crippen LogP contribution in [0.4, 0.5) is 11.5 Å². The molecule has 0 aliphatic carbocycles. The van der Waals surface area contributed by atoms with Crippen LogP contribution in [-0.4, -0.2) is 70.3 Å². The van der Waals surface area contributed by atoms with Crippen molar-refractivity contribution in [3.8, 4) is 17.0 Å². The van der Waals surface area contributed by atoms with E-state index >= 15 is 0 Å². The van der Waals surface area contributed by atoms with Gasteiger partial charge in [-0.1, -0.05) is 6.07 Å². The number of anilines is 2. The predicted molar refractivity (Wildman–Crippen MR) is 167 cm³/mol. The van der Waals surface area contributed by atoms with Gasteiger partial charge in [-0.3, -0.25) is 14.7 Å². The number of aryl methyl sites for hydroxylation is 2. The fourth-order valence-electron chi connectivity index (χ4n) is 6.09. The van der Waals surface area contributed by atoms with Crippen LogP contribution in [0.2, 0.25) is 0 Å². The summed E-state index contributed by atoms with van der Waals surface area (Å²) in [5.74, 6) is 1.54. The highest BCUT2D eigenvalue weighted by atomic mass is 16.5. The highest BCUT2D eigenvalue weighted by molar-refractivity contribution is 6.07. The lowest BCUT2D eigenvalue weighted by atomic mass is 10.0. The van der Waals surface area contributed by atoms with Crippen LogP contribution in [0.3, 0.4) is 0 Å². The van der Waals surface area contributed by atoms with Crippen molar-refractivity contribution in [2.75, 3.05) is 31.2 Å². The molecule has 0 unspecified atom stereocenters. The quantitative estimate of drug-likeness (QED) is 0.249. The van der Waals surface area contributed by atoms with E-state index < -0.39 is 0 Å². The highest BCUT2D eigenvalue weighted by Crippen LogP contribution is 2.37. The van der Waals surface area contributed by atoms with E-state index in [1.165, 1.54) is 6.33 Å². The van der Waals surface area contributed by atoms with E-state index in [1.54, 1.807) is 19.5 Å². The number of benzene rings is 1. The van der Waals surface area contributed by atoms with Gasteiger partial charge < -0.3 is 25.3 Å². The number of fused-ring (bicyclic) bond motifs is 2. The standard InChI is InChI=1S/C31H33N11O2/c1-18-34-14-21(37-18)16-41-10-7-22(8-11-41)42-30-27(29(32)35-17-36-30)28(39-42)20-4-5-23(26(13-20)44-3)38-31(43)24-12-19-6-9-33-15-25(19)40(24)2/h4-6,9,12-15,17,22H,7-8,10-11,16H2,1-3H3,(H,34,37)(H,38,43)(H2,32,35,36). The number of hydrogen-bond donors (Lipinski definition) is 3. The van der Waals surface area contributed by atoms with Gasteiger partial charge >= 0.3 is 0 Å². The Hall–Kier alpha value is -5.30. The molecule has 0 atom stereocenters. The maximum atomic E-state index is 13.3. The van der Waals surface area contributed by atoms with Gasteiger partial charge in [0.15, 0.2) is 5.65 Å². The molecule has 1 amide bonds. The molecule has 224 valence electrons. The van der Waals surface area contributed by atoms with Gasteiger partial charge in [0.05, 0.1) is 35.9 Å². The van der Waals surface area contributed by atoms with E-state index in [2.05, 4.69) is 35.1 Å². The van der Waals surface area contributed by atoms with Crippen molar-refractivity contribution in [2.45, 2.75) is 32.4 Å². The number of nitrogens with one attached hydrogen (secondary N) is 2. The number of nitrogens with two attached hydrogens (primary N) is 1. The Labute approximate surface area is 253 Å². The Balaban J connectivity index is 1.16. The molecule has 4 N–H and O–H groups in total. The molecule has 1 saturated heterocycles. The number of aromatic nitrogens is 8. The minimum absolute atomic E-state index is 0.164. The van der Waals surface area contributed by atoms with Crippen molar-refractivity contribution in [2.24, 2.45) is 7.05 Å². The molecule has 0 spiro atoms. The monoisotopic (exact) mass is 591 g/mol. The first kappa shape index (κ1) is 27.5. The van der Waals surface area contributed by atoms with Crippen LogP contribution in [0.5, 0.6) is 5.75 Å². The molecular weight excluding hydrogens is 558 g/mol. The van der Waals surface area contributed by atoms with Gasteiger partial charge in [-0.2, -0.15) is 5.10 Å². The summed E-state index contributed by atoms with van der Waals surface area (Å²) in [7, 11) is 3.42. The number of pyridine rings is 1. The summed E-state index contributed by atoms with van der Waals surface area (Å²) in [6.45, 7) is 4.66. The number of piperidine rings is 1.